The van der Waals surface area contributed by atoms with Crippen LogP contribution in [0.3, 0.4) is 0 Å². The Bertz CT molecular complexity index is 662. The lowest BCUT2D eigenvalue weighted by atomic mass is 10.1. The van der Waals surface area contributed by atoms with E-state index in [1.165, 1.54) is 0 Å². The van der Waals surface area contributed by atoms with Gasteiger partial charge >= 0.3 is 0 Å². The van der Waals surface area contributed by atoms with Gasteiger partial charge in [0, 0.05) is 24.1 Å². The fraction of sp³-hybridized carbons (Fsp3) is 0.444. The van der Waals surface area contributed by atoms with Crippen LogP contribution in [0.5, 0.6) is 0 Å². The quantitative estimate of drug-likeness (QED) is 0.823. The average Bonchev–Trinajstić information content (AvgIpc) is 3.33. The topological polar surface area (TPSA) is 75.4 Å². The molecule has 0 spiro atoms. The molecule has 5 heteroatoms. The standard InChI is InChI=1S/C18H22N2O3/c1-2-14(10-11-21)19-17(22)15-16(12-8-9-12)23-18(20-15)13-6-4-3-5-7-13/h3-7,12,14,21H,2,8-11H2,1H3,(H,19,22). The largest absolute Gasteiger partial charge is 0.440 e. The number of aliphatic hydroxyl groups excluding tert-OH is 1. The summed E-state index contributed by atoms with van der Waals surface area (Å²) in [6.45, 7) is 2.04. The fourth-order valence-corrected chi connectivity index (χ4v) is 2.61. The molecule has 1 aliphatic rings. The molecule has 2 N–H and O–H groups in total. The van der Waals surface area contributed by atoms with E-state index >= 15 is 0 Å². The molecule has 5 nitrogen and oxygen atoms in total. The fourth-order valence-electron chi connectivity index (χ4n) is 2.61. The lowest BCUT2D eigenvalue weighted by Gasteiger charge is -2.14. The number of hydrogen-bond acceptors (Lipinski definition) is 4. The molecule has 1 unspecified atom stereocenters. The summed E-state index contributed by atoms with van der Waals surface area (Å²) in [7, 11) is 0. The Morgan fingerprint density at radius 3 is 2.74 bits per heavy atom. The smallest absolute Gasteiger partial charge is 0.273 e. The molecule has 1 aromatic carbocycles. The van der Waals surface area contributed by atoms with Gasteiger partial charge in [-0.25, -0.2) is 4.98 Å². The van der Waals surface area contributed by atoms with Crippen LogP contribution in [-0.2, 0) is 0 Å². The Balaban J connectivity index is 1.86. The number of rotatable bonds is 7. The van der Waals surface area contributed by atoms with E-state index in [0.29, 0.717) is 29.7 Å². The zero-order valence-corrected chi connectivity index (χ0v) is 13.3. The van der Waals surface area contributed by atoms with Crippen LogP contribution in [0.4, 0.5) is 0 Å². The molecule has 0 radical (unpaired) electrons. The van der Waals surface area contributed by atoms with Gasteiger partial charge in [-0.15, -0.1) is 0 Å². The van der Waals surface area contributed by atoms with Crippen LogP contribution in [0, 0.1) is 0 Å². The minimum Gasteiger partial charge on any atom is -0.440 e. The van der Waals surface area contributed by atoms with Gasteiger partial charge in [0.1, 0.15) is 5.76 Å². The number of hydrogen-bond donors (Lipinski definition) is 2. The second-order valence-corrected chi connectivity index (χ2v) is 5.96. The molecule has 0 aliphatic heterocycles. The normalized spacial score (nSPS) is 15.4. The third kappa shape index (κ3) is 3.62. The zero-order valence-electron chi connectivity index (χ0n) is 13.3. The van der Waals surface area contributed by atoms with E-state index in [4.69, 9.17) is 9.52 Å². The predicted molar refractivity (Wildman–Crippen MR) is 87.2 cm³/mol. The molecule has 1 fully saturated rings. The van der Waals surface area contributed by atoms with Crippen molar-refractivity contribution in [3.63, 3.8) is 0 Å². The van der Waals surface area contributed by atoms with Gasteiger partial charge in [-0.3, -0.25) is 4.79 Å². The predicted octanol–water partition coefficient (Wildman–Crippen LogP) is 3.11. The van der Waals surface area contributed by atoms with E-state index in [1.54, 1.807) is 0 Å². The van der Waals surface area contributed by atoms with Crippen LogP contribution in [0.2, 0.25) is 0 Å². The summed E-state index contributed by atoms with van der Waals surface area (Å²) in [6, 6.07) is 9.57. The first-order valence-electron chi connectivity index (χ1n) is 8.20. The number of amides is 1. The summed E-state index contributed by atoms with van der Waals surface area (Å²) in [6.07, 6.45) is 3.40. The molecule has 3 rings (SSSR count). The van der Waals surface area contributed by atoms with E-state index in [9.17, 15) is 4.79 Å². The average molecular weight is 314 g/mol. The van der Waals surface area contributed by atoms with Crippen LogP contribution in [0.25, 0.3) is 11.5 Å². The van der Waals surface area contributed by atoms with Gasteiger partial charge in [0.05, 0.1) is 0 Å². The molecule has 0 saturated heterocycles. The van der Waals surface area contributed by atoms with E-state index < -0.39 is 0 Å². The Labute approximate surface area is 135 Å². The first-order chi connectivity index (χ1) is 11.2. The number of benzene rings is 1. The van der Waals surface area contributed by atoms with Gasteiger partial charge in [0.15, 0.2) is 5.69 Å². The van der Waals surface area contributed by atoms with Crippen molar-refractivity contribution < 1.29 is 14.3 Å². The number of nitrogens with zero attached hydrogens (tertiary/aromatic N) is 1. The minimum atomic E-state index is -0.210. The van der Waals surface area contributed by atoms with E-state index in [1.807, 2.05) is 37.3 Å². The first kappa shape index (κ1) is 15.7. The minimum absolute atomic E-state index is 0.0450. The maximum atomic E-state index is 12.6. The van der Waals surface area contributed by atoms with Crippen molar-refractivity contribution in [1.29, 1.82) is 0 Å². The van der Waals surface area contributed by atoms with Gasteiger partial charge in [-0.1, -0.05) is 25.1 Å². The summed E-state index contributed by atoms with van der Waals surface area (Å²) in [5.74, 6) is 1.28. The molecule has 0 bridgehead atoms. The number of aliphatic hydroxyl groups is 1. The van der Waals surface area contributed by atoms with E-state index in [2.05, 4.69) is 10.3 Å². The van der Waals surface area contributed by atoms with Crippen LogP contribution in [0.15, 0.2) is 34.7 Å². The highest BCUT2D eigenvalue weighted by Crippen LogP contribution is 2.43. The monoisotopic (exact) mass is 314 g/mol. The van der Waals surface area contributed by atoms with Gasteiger partial charge in [0.25, 0.3) is 5.91 Å². The number of carbonyl (C=O) groups is 1. The maximum Gasteiger partial charge on any atom is 0.273 e. The number of aromatic nitrogens is 1. The van der Waals surface area contributed by atoms with Crippen LogP contribution < -0.4 is 5.32 Å². The van der Waals surface area contributed by atoms with Crippen molar-refractivity contribution in [1.82, 2.24) is 10.3 Å². The van der Waals surface area contributed by atoms with Gasteiger partial charge in [0.2, 0.25) is 5.89 Å². The molecule has 23 heavy (non-hydrogen) atoms. The SMILES string of the molecule is CCC(CCO)NC(=O)c1nc(-c2ccccc2)oc1C1CC1. The van der Waals surface area contributed by atoms with Crippen molar-refractivity contribution in [3.05, 3.63) is 41.8 Å². The third-order valence-corrected chi connectivity index (χ3v) is 4.14. The Kier molecular flexibility index (Phi) is 4.76. The lowest BCUT2D eigenvalue weighted by molar-refractivity contribution is 0.0922. The summed E-state index contributed by atoms with van der Waals surface area (Å²) in [5, 5.41) is 12.0. The highest BCUT2D eigenvalue weighted by atomic mass is 16.4. The van der Waals surface area contributed by atoms with Crippen molar-refractivity contribution in [2.75, 3.05) is 6.61 Å². The highest BCUT2D eigenvalue weighted by molar-refractivity contribution is 5.94. The molecule has 1 heterocycles. The van der Waals surface area contributed by atoms with Gasteiger partial charge < -0.3 is 14.8 Å². The molecular formula is C18H22N2O3. The summed E-state index contributed by atoms with van der Waals surface area (Å²) < 4.78 is 5.90. The van der Waals surface area contributed by atoms with Crippen LogP contribution in [-0.4, -0.2) is 28.6 Å². The van der Waals surface area contributed by atoms with Crippen molar-refractivity contribution >= 4 is 5.91 Å². The van der Waals surface area contributed by atoms with Crippen LogP contribution >= 0.6 is 0 Å². The molecular weight excluding hydrogens is 292 g/mol. The third-order valence-electron chi connectivity index (χ3n) is 4.14. The summed E-state index contributed by atoms with van der Waals surface area (Å²) in [5.41, 5.74) is 1.26. The maximum absolute atomic E-state index is 12.6. The molecule has 1 saturated carbocycles. The molecule has 1 amide bonds. The van der Waals surface area contributed by atoms with Gasteiger partial charge in [-0.2, -0.15) is 0 Å². The second-order valence-electron chi connectivity index (χ2n) is 5.96. The molecule has 1 aliphatic carbocycles. The zero-order chi connectivity index (χ0) is 16.2. The lowest BCUT2D eigenvalue weighted by Crippen LogP contribution is -2.35. The van der Waals surface area contributed by atoms with Crippen molar-refractivity contribution in [2.24, 2.45) is 0 Å². The van der Waals surface area contributed by atoms with Crippen molar-refractivity contribution in [3.8, 4) is 11.5 Å². The molecule has 1 atom stereocenters. The van der Waals surface area contributed by atoms with E-state index in [-0.39, 0.29) is 18.6 Å². The van der Waals surface area contributed by atoms with Crippen LogP contribution in [0.1, 0.15) is 54.8 Å². The number of carbonyl (C=O) groups excluding carboxylic acids is 1. The molecule has 122 valence electrons. The van der Waals surface area contributed by atoms with E-state index in [0.717, 1.165) is 24.8 Å². The summed E-state index contributed by atoms with van der Waals surface area (Å²) >= 11 is 0. The second kappa shape index (κ2) is 6.96. The van der Waals surface area contributed by atoms with Gasteiger partial charge in [-0.05, 0) is 37.8 Å². The number of nitrogens with one attached hydrogen (secondary N) is 1. The van der Waals surface area contributed by atoms with Crippen molar-refractivity contribution in [2.45, 2.75) is 44.6 Å². The Hall–Kier alpha value is -2.14. The number of oxazole rings is 1. The molecule has 1 aromatic heterocycles. The summed E-state index contributed by atoms with van der Waals surface area (Å²) in [4.78, 5) is 17.0. The Morgan fingerprint density at radius 2 is 2.13 bits per heavy atom. The Morgan fingerprint density at radius 1 is 1.39 bits per heavy atom. The highest BCUT2D eigenvalue weighted by Gasteiger charge is 2.34. The first-order valence-corrected chi connectivity index (χ1v) is 8.20. The molecule has 2 aromatic rings.